The summed E-state index contributed by atoms with van der Waals surface area (Å²) in [5.74, 6) is -0.0524. The van der Waals surface area contributed by atoms with E-state index in [0.717, 1.165) is 10.2 Å². The van der Waals surface area contributed by atoms with Crippen molar-refractivity contribution in [2.75, 3.05) is 11.9 Å². The summed E-state index contributed by atoms with van der Waals surface area (Å²) in [6, 6.07) is 7.53. The Morgan fingerprint density at radius 3 is 2.32 bits per heavy atom. The van der Waals surface area contributed by atoms with Crippen molar-refractivity contribution in [3.8, 4) is 0 Å². The fraction of sp³-hybridized carbons (Fsp3) is 0.533. The number of rotatable bonds is 9. The van der Waals surface area contributed by atoms with Crippen LogP contribution in [-0.4, -0.2) is 24.7 Å². The molecule has 1 aromatic rings. The molecule has 0 fully saturated rings. The number of carbonyl (C=O) groups excluding carboxylic acids is 1. The van der Waals surface area contributed by atoms with Gasteiger partial charge in [-0.15, -0.1) is 0 Å². The number of hydrogen-bond acceptors (Lipinski definition) is 4. The molecule has 0 heterocycles. The molecule has 0 bridgehead atoms. The van der Waals surface area contributed by atoms with Gasteiger partial charge < -0.3 is 14.4 Å². The van der Waals surface area contributed by atoms with E-state index in [1.54, 1.807) is 0 Å². The smallest absolute Gasteiger partial charge is 0.256 e. The number of anilines is 1. The third-order valence-electron chi connectivity index (χ3n) is 2.35. The molecule has 1 amide bonds. The molecule has 0 aliphatic heterocycles. The molecule has 124 valence electrons. The average molecular weight is 391 g/mol. The maximum atomic E-state index is 11.9. The molecule has 0 aliphatic rings. The Morgan fingerprint density at radius 1 is 1.18 bits per heavy atom. The third-order valence-corrected chi connectivity index (χ3v) is 4.75. The number of benzene rings is 1. The standard InChI is InChI=1S/C15H24BrN2O3P/c1-11(2)20-22(21-12(3)4)17-10-9-15(19)18-14-8-6-5-7-13(14)16/h5-8,11-12,17H,9-10H2,1-4H3,(H,18,19). The Balaban J connectivity index is 2.37. The zero-order valence-corrected chi connectivity index (χ0v) is 15.9. The summed E-state index contributed by atoms with van der Waals surface area (Å²) in [6.07, 6.45) is 0.501. The number of halogens is 1. The van der Waals surface area contributed by atoms with Gasteiger partial charge >= 0.3 is 0 Å². The summed E-state index contributed by atoms with van der Waals surface area (Å²) in [5.41, 5.74) is 0.770. The number of hydrogen-bond donors (Lipinski definition) is 2. The van der Waals surface area contributed by atoms with Crippen molar-refractivity contribution in [3.05, 3.63) is 28.7 Å². The molecular weight excluding hydrogens is 367 g/mol. The van der Waals surface area contributed by atoms with E-state index in [9.17, 15) is 4.79 Å². The highest BCUT2D eigenvalue weighted by Crippen LogP contribution is 2.36. The number of carbonyl (C=O) groups is 1. The highest BCUT2D eigenvalue weighted by molar-refractivity contribution is 9.10. The van der Waals surface area contributed by atoms with E-state index < -0.39 is 8.53 Å². The van der Waals surface area contributed by atoms with Crippen molar-refractivity contribution in [1.29, 1.82) is 0 Å². The molecule has 0 saturated carbocycles. The molecule has 0 saturated heterocycles. The van der Waals surface area contributed by atoms with Gasteiger partial charge in [0, 0.05) is 17.4 Å². The molecule has 0 aliphatic carbocycles. The predicted octanol–water partition coefficient (Wildman–Crippen LogP) is 4.44. The van der Waals surface area contributed by atoms with Crippen LogP contribution in [0.2, 0.25) is 0 Å². The first kappa shape index (κ1) is 19.5. The van der Waals surface area contributed by atoms with Gasteiger partial charge in [-0.05, 0) is 55.8 Å². The van der Waals surface area contributed by atoms with Gasteiger partial charge in [-0.2, -0.15) is 0 Å². The highest BCUT2D eigenvalue weighted by atomic mass is 79.9. The second-order valence-electron chi connectivity index (χ2n) is 5.25. The first-order valence-corrected chi connectivity index (χ1v) is 9.27. The van der Waals surface area contributed by atoms with Crippen LogP contribution in [-0.2, 0) is 13.8 Å². The lowest BCUT2D eigenvalue weighted by molar-refractivity contribution is -0.116. The first-order chi connectivity index (χ1) is 10.4. The van der Waals surface area contributed by atoms with Crippen LogP contribution in [0.15, 0.2) is 28.7 Å². The van der Waals surface area contributed by atoms with Crippen molar-refractivity contribution >= 4 is 36.1 Å². The van der Waals surface area contributed by atoms with E-state index in [4.69, 9.17) is 9.05 Å². The minimum Gasteiger partial charge on any atom is -0.325 e. The summed E-state index contributed by atoms with van der Waals surface area (Å²) < 4.78 is 12.2. The van der Waals surface area contributed by atoms with E-state index in [-0.39, 0.29) is 18.1 Å². The van der Waals surface area contributed by atoms with Gasteiger partial charge in [0.15, 0.2) is 0 Å². The van der Waals surface area contributed by atoms with Crippen LogP contribution in [0.4, 0.5) is 5.69 Å². The van der Waals surface area contributed by atoms with E-state index in [1.807, 2.05) is 52.0 Å². The zero-order chi connectivity index (χ0) is 16.5. The van der Waals surface area contributed by atoms with Crippen molar-refractivity contribution in [3.63, 3.8) is 0 Å². The van der Waals surface area contributed by atoms with Gasteiger partial charge in [0.1, 0.15) is 0 Å². The van der Waals surface area contributed by atoms with Crippen LogP contribution in [0.25, 0.3) is 0 Å². The number of para-hydroxylation sites is 1. The molecule has 5 nitrogen and oxygen atoms in total. The highest BCUT2D eigenvalue weighted by Gasteiger charge is 2.15. The summed E-state index contributed by atoms with van der Waals surface area (Å²) in [6.45, 7) is 8.34. The van der Waals surface area contributed by atoms with E-state index in [2.05, 4.69) is 26.3 Å². The SMILES string of the molecule is CC(C)OP(NCCC(=O)Nc1ccccc1Br)OC(C)C. The third kappa shape index (κ3) is 8.20. The van der Waals surface area contributed by atoms with Crippen LogP contribution in [0.5, 0.6) is 0 Å². The molecule has 0 aromatic heterocycles. The first-order valence-electron chi connectivity index (χ1n) is 7.30. The van der Waals surface area contributed by atoms with Crippen LogP contribution < -0.4 is 10.4 Å². The van der Waals surface area contributed by atoms with Gasteiger partial charge in [0.25, 0.3) is 8.53 Å². The largest absolute Gasteiger partial charge is 0.325 e. The maximum absolute atomic E-state index is 11.9. The summed E-state index contributed by atoms with van der Waals surface area (Å²) in [5, 5.41) is 6.03. The Labute approximate surface area is 142 Å². The predicted molar refractivity (Wildman–Crippen MR) is 94.8 cm³/mol. The lowest BCUT2D eigenvalue weighted by Crippen LogP contribution is -2.22. The van der Waals surface area contributed by atoms with Gasteiger partial charge in [-0.25, -0.2) is 5.09 Å². The molecule has 1 aromatic carbocycles. The molecular formula is C15H24BrN2O3P. The lowest BCUT2D eigenvalue weighted by atomic mass is 10.3. The minimum absolute atomic E-state index is 0.0524. The topological polar surface area (TPSA) is 59.6 Å². The Bertz CT molecular complexity index is 462. The summed E-state index contributed by atoms with van der Waals surface area (Å²) >= 11 is 3.40. The average Bonchev–Trinajstić information content (AvgIpc) is 2.40. The molecule has 22 heavy (non-hydrogen) atoms. The Hall–Kier alpha value is -0.520. The number of amides is 1. The summed E-state index contributed by atoms with van der Waals surface area (Å²) in [7, 11) is -1.17. The maximum Gasteiger partial charge on any atom is 0.256 e. The molecule has 7 heteroatoms. The second-order valence-corrected chi connectivity index (χ2v) is 7.36. The Kier molecular flexibility index (Phi) is 9.13. The van der Waals surface area contributed by atoms with Crippen molar-refractivity contribution < 1.29 is 13.8 Å². The monoisotopic (exact) mass is 390 g/mol. The van der Waals surface area contributed by atoms with Crippen LogP contribution in [0.3, 0.4) is 0 Å². The van der Waals surface area contributed by atoms with E-state index >= 15 is 0 Å². The normalized spacial score (nSPS) is 11.5. The minimum atomic E-state index is -1.17. The van der Waals surface area contributed by atoms with E-state index in [0.29, 0.717) is 13.0 Å². The fourth-order valence-corrected chi connectivity index (χ4v) is 3.16. The van der Waals surface area contributed by atoms with E-state index in [1.165, 1.54) is 0 Å². The molecule has 0 unspecified atom stereocenters. The van der Waals surface area contributed by atoms with Gasteiger partial charge in [0.2, 0.25) is 5.91 Å². The van der Waals surface area contributed by atoms with Crippen LogP contribution >= 0.6 is 24.5 Å². The number of nitrogens with one attached hydrogen (secondary N) is 2. The van der Waals surface area contributed by atoms with Gasteiger partial charge in [-0.1, -0.05) is 12.1 Å². The molecule has 0 spiro atoms. The molecule has 0 radical (unpaired) electrons. The lowest BCUT2D eigenvalue weighted by Gasteiger charge is -2.22. The molecule has 0 atom stereocenters. The quantitative estimate of drug-likeness (QED) is 0.611. The zero-order valence-electron chi connectivity index (χ0n) is 13.4. The van der Waals surface area contributed by atoms with Gasteiger partial charge in [0.05, 0.1) is 17.9 Å². The summed E-state index contributed by atoms with van der Waals surface area (Å²) in [4.78, 5) is 11.9. The Morgan fingerprint density at radius 2 is 1.77 bits per heavy atom. The van der Waals surface area contributed by atoms with Crippen LogP contribution in [0, 0.1) is 0 Å². The van der Waals surface area contributed by atoms with Crippen molar-refractivity contribution in [2.24, 2.45) is 0 Å². The molecule has 1 rings (SSSR count). The fourth-order valence-electron chi connectivity index (χ4n) is 1.52. The van der Waals surface area contributed by atoms with Crippen molar-refractivity contribution in [1.82, 2.24) is 5.09 Å². The second kappa shape index (κ2) is 10.3. The van der Waals surface area contributed by atoms with Crippen LogP contribution in [0.1, 0.15) is 34.1 Å². The van der Waals surface area contributed by atoms with Crippen molar-refractivity contribution in [2.45, 2.75) is 46.3 Å². The van der Waals surface area contributed by atoms with Gasteiger partial charge in [-0.3, -0.25) is 4.79 Å². The molecule has 2 N–H and O–H groups in total.